The Hall–Kier alpha value is -3.90. The molecule has 3 aromatic carbocycles. The Kier molecular flexibility index (Phi) is 8.68. The molecule has 2 amide bonds. The van der Waals surface area contributed by atoms with E-state index in [0.717, 1.165) is 69.0 Å². The van der Waals surface area contributed by atoms with Gasteiger partial charge in [0.25, 0.3) is 5.91 Å². The Balaban J connectivity index is 1.27. The number of aromatic nitrogens is 1. The molecule has 3 atom stereocenters. The molecule has 1 aromatic heterocycles. The number of amides is 2. The predicted molar refractivity (Wildman–Crippen MR) is 198 cm³/mol. The van der Waals surface area contributed by atoms with Gasteiger partial charge in [0, 0.05) is 79.3 Å². The van der Waals surface area contributed by atoms with Gasteiger partial charge in [-0.1, -0.05) is 49.1 Å². The minimum absolute atomic E-state index is 0.00448. The zero-order valence-corrected chi connectivity index (χ0v) is 30.8. The monoisotopic (exact) mass is 729 g/mol. The van der Waals surface area contributed by atoms with Gasteiger partial charge >= 0.3 is 10.2 Å². The summed E-state index contributed by atoms with van der Waals surface area (Å²) in [5.74, 6) is 0.544. The van der Waals surface area contributed by atoms with E-state index in [1.807, 2.05) is 47.4 Å². The number of nitrogens with zero attached hydrogens (tertiary/aromatic N) is 3. The normalized spacial score (nSPS) is 23.3. The first-order valence-corrected chi connectivity index (χ1v) is 19.7. The molecular weight excluding hydrogens is 686 g/mol. The SMILES string of the molecule is COc1ccc2c(c1)C1CC1(C(=O)N1CCNC(c3ccc(Cl)cc3)C1)Cn1c-2c(C2CCCCC2)c2ccc(C(=O)NS(=O)(=O)N(C)C)cc21. The van der Waals surface area contributed by atoms with Crippen LogP contribution in [-0.2, 0) is 21.5 Å². The molecule has 0 bridgehead atoms. The van der Waals surface area contributed by atoms with Crippen molar-refractivity contribution < 1.29 is 22.7 Å². The molecule has 2 aliphatic heterocycles. The maximum absolute atomic E-state index is 15.0. The highest BCUT2D eigenvalue weighted by Gasteiger charge is 2.64. The van der Waals surface area contributed by atoms with Crippen LogP contribution in [0.1, 0.15) is 83.5 Å². The van der Waals surface area contributed by atoms with Gasteiger partial charge in [-0.05, 0) is 84.3 Å². The molecular formula is C39H44ClN5O5S. The highest BCUT2D eigenvalue weighted by molar-refractivity contribution is 7.87. The number of hydrogen-bond donors (Lipinski definition) is 2. The van der Waals surface area contributed by atoms with Crippen molar-refractivity contribution in [3.8, 4) is 17.0 Å². The van der Waals surface area contributed by atoms with Gasteiger partial charge in [0.1, 0.15) is 5.75 Å². The molecule has 0 radical (unpaired) electrons. The molecule has 3 fully saturated rings. The van der Waals surface area contributed by atoms with Gasteiger partial charge < -0.3 is 19.5 Å². The number of nitrogens with one attached hydrogen (secondary N) is 2. The lowest BCUT2D eigenvalue weighted by atomic mass is 9.81. The highest BCUT2D eigenvalue weighted by atomic mass is 35.5. The topological polar surface area (TPSA) is 113 Å². The number of ether oxygens (including phenoxy) is 1. The maximum Gasteiger partial charge on any atom is 0.303 e. The smallest absolute Gasteiger partial charge is 0.303 e. The van der Waals surface area contributed by atoms with Crippen molar-refractivity contribution in [2.24, 2.45) is 5.41 Å². The molecule has 12 heteroatoms. The lowest BCUT2D eigenvalue weighted by Crippen LogP contribution is -2.51. The molecule has 3 unspecified atom stereocenters. The van der Waals surface area contributed by atoms with E-state index in [0.29, 0.717) is 43.5 Å². The Morgan fingerprint density at radius 3 is 2.51 bits per heavy atom. The van der Waals surface area contributed by atoms with E-state index >= 15 is 4.79 Å². The zero-order valence-electron chi connectivity index (χ0n) is 29.2. The number of benzene rings is 3. The van der Waals surface area contributed by atoms with Crippen LogP contribution in [0.15, 0.2) is 60.7 Å². The molecule has 0 spiro atoms. The third-order valence-corrected chi connectivity index (χ3v) is 13.3. The van der Waals surface area contributed by atoms with Crippen LogP contribution >= 0.6 is 11.6 Å². The molecule has 8 rings (SSSR count). The standard InChI is InChI=1S/C39H44ClN5O5S/c1-43(2)51(48,49)42-37(46)26-11-15-30-34(19-26)45-23-39(38(47)44-18-17-41-33(22-44)24-9-12-27(40)13-10-24)21-32(39)31-20-28(50-3)14-16-29(31)36(45)35(30)25-7-5-4-6-8-25/h9-16,19-20,25,32-33,41H,4-8,17-18,21-23H2,1-3H3,(H,42,46). The highest BCUT2D eigenvalue weighted by Crippen LogP contribution is 2.66. The number of fused-ring (bicyclic) bond motifs is 7. The van der Waals surface area contributed by atoms with Gasteiger partial charge in [-0.3, -0.25) is 9.59 Å². The lowest BCUT2D eigenvalue weighted by Gasteiger charge is -2.36. The van der Waals surface area contributed by atoms with Gasteiger partial charge in [-0.15, -0.1) is 0 Å². The summed E-state index contributed by atoms with van der Waals surface area (Å²) in [7, 11) is 0.450. The van der Waals surface area contributed by atoms with Crippen molar-refractivity contribution in [3.63, 3.8) is 0 Å². The fraction of sp³-hybridized carbons (Fsp3) is 0.436. The van der Waals surface area contributed by atoms with Gasteiger partial charge in [-0.2, -0.15) is 12.7 Å². The fourth-order valence-corrected chi connectivity index (χ4v) is 9.52. The fourth-order valence-electron chi connectivity index (χ4n) is 8.86. The van der Waals surface area contributed by atoms with E-state index in [1.165, 1.54) is 26.1 Å². The van der Waals surface area contributed by atoms with Crippen LogP contribution in [-0.4, -0.2) is 74.8 Å². The Bertz CT molecular complexity index is 2140. The second kappa shape index (κ2) is 12.9. The summed E-state index contributed by atoms with van der Waals surface area (Å²) in [6.07, 6.45) is 6.36. The van der Waals surface area contributed by atoms with E-state index < -0.39 is 21.5 Å². The van der Waals surface area contributed by atoms with Crippen molar-refractivity contribution in [1.29, 1.82) is 0 Å². The quantitative estimate of drug-likeness (QED) is 0.234. The van der Waals surface area contributed by atoms with Crippen LogP contribution in [0.5, 0.6) is 5.75 Å². The lowest BCUT2D eigenvalue weighted by molar-refractivity contribution is -0.139. The molecule has 51 heavy (non-hydrogen) atoms. The van der Waals surface area contributed by atoms with Gasteiger partial charge in [0.05, 0.1) is 18.2 Å². The Morgan fingerprint density at radius 1 is 1.02 bits per heavy atom. The van der Waals surface area contributed by atoms with Gasteiger partial charge in [-0.25, -0.2) is 4.72 Å². The van der Waals surface area contributed by atoms with E-state index in [-0.39, 0.29) is 23.4 Å². The van der Waals surface area contributed by atoms with Crippen LogP contribution in [0.25, 0.3) is 22.2 Å². The van der Waals surface area contributed by atoms with E-state index in [4.69, 9.17) is 16.3 Å². The van der Waals surface area contributed by atoms with Crippen molar-refractivity contribution in [2.45, 2.75) is 62.9 Å². The van der Waals surface area contributed by atoms with Crippen LogP contribution in [0, 0.1) is 5.41 Å². The minimum Gasteiger partial charge on any atom is -0.497 e. The number of hydrogen-bond acceptors (Lipinski definition) is 6. The largest absolute Gasteiger partial charge is 0.497 e. The van der Waals surface area contributed by atoms with Crippen molar-refractivity contribution in [2.75, 3.05) is 40.8 Å². The number of halogens is 1. The van der Waals surface area contributed by atoms with Gasteiger partial charge in [0.2, 0.25) is 5.91 Å². The van der Waals surface area contributed by atoms with Crippen LogP contribution in [0.2, 0.25) is 5.02 Å². The number of carbonyl (C=O) groups is 2. The first-order chi connectivity index (χ1) is 24.5. The molecule has 2 N–H and O–H groups in total. The average Bonchev–Trinajstić information content (AvgIpc) is 3.81. The molecule has 2 saturated carbocycles. The first-order valence-electron chi connectivity index (χ1n) is 17.9. The summed E-state index contributed by atoms with van der Waals surface area (Å²) < 4.78 is 36.5. The summed E-state index contributed by atoms with van der Waals surface area (Å²) in [4.78, 5) is 30.5. The summed E-state index contributed by atoms with van der Waals surface area (Å²) in [5.41, 5.74) is 6.10. The molecule has 268 valence electrons. The Labute approximate surface area is 304 Å². The van der Waals surface area contributed by atoms with Crippen molar-refractivity contribution in [3.05, 3.63) is 87.9 Å². The molecule has 4 aromatic rings. The van der Waals surface area contributed by atoms with Crippen molar-refractivity contribution >= 4 is 44.5 Å². The van der Waals surface area contributed by atoms with Crippen molar-refractivity contribution in [1.82, 2.24) is 23.8 Å². The first kappa shape index (κ1) is 34.2. The summed E-state index contributed by atoms with van der Waals surface area (Å²) in [6, 6.07) is 19.6. The second-order valence-corrected chi connectivity index (χ2v) is 17.1. The second-order valence-electron chi connectivity index (χ2n) is 14.8. The summed E-state index contributed by atoms with van der Waals surface area (Å²) in [6.45, 7) is 2.31. The molecule has 4 aliphatic rings. The Morgan fingerprint density at radius 2 is 1.78 bits per heavy atom. The average molecular weight is 730 g/mol. The van der Waals surface area contributed by atoms with Crippen LogP contribution in [0.3, 0.4) is 0 Å². The summed E-state index contributed by atoms with van der Waals surface area (Å²) >= 11 is 6.19. The van der Waals surface area contributed by atoms with Gasteiger partial charge in [0.15, 0.2) is 0 Å². The molecule has 2 aliphatic carbocycles. The van der Waals surface area contributed by atoms with Crippen LogP contribution in [0.4, 0.5) is 0 Å². The predicted octanol–water partition coefficient (Wildman–Crippen LogP) is 6.21. The minimum atomic E-state index is -3.99. The molecule has 3 heterocycles. The summed E-state index contributed by atoms with van der Waals surface area (Å²) in [5, 5.41) is 5.32. The van der Waals surface area contributed by atoms with E-state index in [1.54, 1.807) is 13.2 Å². The van der Waals surface area contributed by atoms with E-state index in [2.05, 4.69) is 26.7 Å². The third kappa shape index (κ3) is 5.92. The van der Waals surface area contributed by atoms with E-state index in [9.17, 15) is 13.2 Å². The number of methoxy groups -OCH3 is 1. The molecule has 1 saturated heterocycles. The third-order valence-electron chi connectivity index (χ3n) is 11.6. The zero-order chi connectivity index (χ0) is 35.7. The van der Waals surface area contributed by atoms with Crippen LogP contribution < -0.4 is 14.8 Å². The number of carbonyl (C=O) groups excluding carboxylic acids is 2. The maximum atomic E-state index is 15.0. The number of rotatable bonds is 7. The molecule has 10 nitrogen and oxygen atoms in total. The number of piperazine rings is 1.